The second-order valence-electron chi connectivity index (χ2n) is 6.36. The van der Waals surface area contributed by atoms with Crippen LogP contribution < -0.4 is 0 Å². The number of carbonyl (C=O) groups excluding carboxylic acids is 1. The molecule has 0 aromatic rings. The van der Waals surface area contributed by atoms with Crippen LogP contribution in [0, 0.1) is 5.41 Å². The molecule has 0 aromatic heterocycles. The van der Waals surface area contributed by atoms with E-state index in [0.717, 1.165) is 31.7 Å². The molecule has 102 valence electrons. The summed E-state index contributed by atoms with van der Waals surface area (Å²) >= 11 is 4.40. The van der Waals surface area contributed by atoms with Crippen molar-refractivity contribution in [3.05, 3.63) is 0 Å². The Balaban J connectivity index is 1.59. The maximum Gasteiger partial charge on any atom is 0.223 e. The Hall–Kier alpha value is -0.220. The normalized spacial score (nSPS) is 30.9. The Morgan fingerprint density at radius 3 is 2.72 bits per heavy atom. The Bertz CT molecular complexity index is 330. The number of carbonyl (C=O) groups is 1. The SMILES string of the molecule is O=C(CC1(CS)CC1)N1CCCN2CCCC2C1. The van der Waals surface area contributed by atoms with Gasteiger partial charge >= 0.3 is 0 Å². The lowest BCUT2D eigenvalue weighted by Crippen LogP contribution is -2.40. The largest absolute Gasteiger partial charge is 0.341 e. The fraction of sp³-hybridized carbons (Fsp3) is 0.929. The highest BCUT2D eigenvalue weighted by molar-refractivity contribution is 7.80. The van der Waals surface area contributed by atoms with Crippen molar-refractivity contribution in [2.24, 2.45) is 5.41 Å². The molecule has 1 atom stereocenters. The second kappa shape index (κ2) is 5.04. The second-order valence-corrected chi connectivity index (χ2v) is 6.68. The molecule has 1 amide bonds. The molecule has 1 unspecified atom stereocenters. The van der Waals surface area contributed by atoms with Gasteiger partial charge in [-0.25, -0.2) is 0 Å². The summed E-state index contributed by atoms with van der Waals surface area (Å²) in [5.41, 5.74) is 0.266. The van der Waals surface area contributed by atoms with Crippen LogP contribution in [0.15, 0.2) is 0 Å². The zero-order valence-corrected chi connectivity index (χ0v) is 12.0. The summed E-state index contributed by atoms with van der Waals surface area (Å²) in [6, 6.07) is 0.641. The summed E-state index contributed by atoms with van der Waals surface area (Å²) in [6.07, 6.45) is 6.88. The molecule has 3 aliphatic rings. The Labute approximate surface area is 115 Å². The number of hydrogen-bond donors (Lipinski definition) is 1. The number of nitrogens with zero attached hydrogens (tertiary/aromatic N) is 2. The molecule has 2 aliphatic heterocycles. The zero-order chi connectivity index (χ0) is 12.6. The summed E-state index contributed by atoms with van der Waals surface area (Å²) in [5.74, 6) is 1.26. The molecule has 0 bridgehead atoms. The molecule has 18 heavy (non-hydrogen) atoms. The van der Waals surface area contributed by atoms with Gasteiger partial charge in [-0.1, -0.05) is 0 Å². The van der Waals surface area contributed by atoms with Crippen LogP contribution in [0.2, 0.25) is 0 Å². The molecule has 4 heteroatoms. The topological polar surface area (TPSA) is 23.6 Å². The maximum atomic E-state index is 12.4. The third-order valence-corrected chi connectivity index (χ3v) is 5.65. The average molecular weight is 268 g/mol. The van der Waals surface area contributed by atoms with Gasteiger partial charge in [-0.05, 0) is 49.8 Å². The fourth-order valence-electron chi connectivity index (χ4n) is 3.43. The van der Waals surface area contributed by atoms with Crippen LogP contribution in [0.25, 0.3) is 0 Å². The zero-order valence-electron chi connectivity index (χ0n) is 11.1. The van der Waals surface area contributed by atoms with Crippen molar-refractivity contribution < 1.29 is 4.79 Å². The predicted octanol–water partition coefficient (Wildman–Crippen LogP) is 1.78. The van der Waals surface area contributed by atoms with Gasteiger partial charge in [0.15, 0.2) is 0 Å². The molecule has 2 heterocycles. The van der Waals surface area contributed by atoms with Crippen molar-refractivity contribution in [1.82, 2.24) is 9.80 Å². The smallest absolute Gasteiger partial charge is 0.223 e. The molecule has 3 rings (SSSR count). The van der Waals surface area contributed by atoms with Crippen LogP contribution in [0.5, 0.6) is 0 Å². The van der Waals surface area contributed by atoms with Crippen molar-refractivity contribution in [2.75, 3.05) is 31.9 Å². The van der Waals surface area contributed by atoms with Gasteiger partial charge in [-0.15, -0.1) is 0 Å². The van der Waals surface area contributed by atoms with E-state index in [4.69, 9.17) is 0 Å². The minimum atomic E-state index is 0.266. The number of thiol groups is 1. The number of amides is 1. The highest BCUT2D eigenvalue weighted by Gasteiger charge is 2.44. The first kappa shape index (κ1) is 12.8. The summed E-state index contributed by atoms with van der Waals surface area (Å²) in [5, 5.41) is 0. The molecule has 1 saturated carbocycles. The average Bonchev–Trinajstić information content (AvgIpc) is 3.07. The Kier molecular flexibility index (Phi) is 3.59. The minimum absolute atomic E-state index is 0.266. The first-order valence-electron chi connectivity index (χ1n) is 7.35. The van der Waals surface area contributed by atoms with E-state index >= 15 is 0 Å². The van der Waals surface area contributed by atoms with Crippen LogP contribution in [0.4, 0.5) is 0 Å². The van der Waals surface area contributed by atoms with Gasteiger partial charge in [0.05, 0.1) is 0 Å². The van der Waals surface area contributed by atoms with E-state index in [-0.39, 0.29) is 5.41 Å². The summed E-state index contributed by atoms with van der Waals surface area (Å²) < 4.78 is 0. The Morgan fingerprint density at radius 1 is 1.22 bits per heavy atom. The van der Waals surface area contributed by atoms with E-state index in [1.165, 1.54) is 38.8 Å². The van der Waals surface area contributed by atoms with Crippen molar-refractivity contribution in [1.29, 1.82) is 0 Å². The molecule has 1 aliphatic carbocycles. The molecular weight excluding hydrogens is 244 g/mol. The van der Waals surface area contributed by atoms with Crippen molar-refractivity contribution in [3.8, 4) is 0 Å². The molecule has 2 saturated heterocycles. The summed E-state index contributed by atoms with van der Waals surface area (Å²) in [7, 11) is 0. The molecule has 0 N–H and O–H groups in total. The van der Waals surface area contributed by atoms with Gasteiger partial charge in [0.25, 0.3) is 0 Å². The van der Waals surface area contributed by atoms with Crippen LogP contribution in [0.3, 0.4) is 0 Å². The lowest BCUT2D eigenvalue weighted by atomic mass is 10.0. The van der Waals surface area contributed by atoms with Gasteiger partial charge in [-0.3, -0.25) is 9.69 Å². The van der Waals surface area contributed by atoms with Gasteiger partial charge < -0.3 is 4.90 Å². The van der Waals surface area contributed by atoms with E-state index < -0.39 is 0 Å². The van der Waals surface area contributed by atoms with Crippen LogP contribution >= 0.6 is 12.6 Å². The van der Waals surface area contributed by atoms with Crippen LogP contribution in [0.1, 0.15) is 38.5 Å². The highest BCUT2D eigenvalue weighted by atomic mass is 32.1. The number of hydrogen-bond acceptors (Lipinski definition) is 3. The quantitative estimate of drug-likeness (QED) is 0.789. The molecule has 0 radical (unpaired) electrons. The molecule has 0 aromatic carbocycles. The van der Waals surface area contributed by atoms with Gasteiger partial charge in [0, 0.05) is 32.1 Å². The lowest BCUT2D eigenvalue weighted by molar-refractivity contribution is -0.132. The monoisotopic (exact) mass is 268 g/mol. The first-order chi connectivity index (χ1) is 8.72. The molecule has 0 spiro atoms. The molecule has 3 nitrogen and oxygen atoms in total. The standard InChI is InChI=1S/C14H24N2OS/c17-13(9-14(11-18)4-5-14)16-8-2-7-15-6-1-3-12(15)10-16/h12,18H,1-11H2. The van der Waals surface area contributed by atoms with Gasteiger partial charge in [0.2, 0.25) is 5.91 Å². The molecule has 3 fully saturated rings. The van der Waals surface area contributed by atoms with Crippen molar-refractivity contribution in [3.63, 3.8) is 0 Å². The van der Waals surface area contributed by atoms with Crippen molar-refractivity contribution in [2.45, 2.75) is 44.6 Å². The summed E-state index contributed by atoms with van der Waals surface area (Å²) in [6.45, 7) is 4.37. The summed E-state index contributed by atoms with van der Waals surface area (Å²) in [4.78, 5) is 17.1. The number of fused-ring (bicyclic) bond motifs is 1. The third kappa shape index (κ3) is 2.55. The minimum Gasteiger partial charge on any atom is -0.341 e. The maximum absolute atomic E-state index is 12.4. The third-order valence-electron chi connectivity index (χ3n) is 4.98. The van der Waals surface area contributed by atoms with E-state index in [1.54, 1.807) is 0 Å². The molecular formula is C14H24N2OS. The van der Waals surface area contributed by atoms with E-state index in [9.17, 15) is 4.79 Å². The number of rotatable bonds is 3. The van der Waals surface area contributed by atoms with E-state index in [1.807, 2.05) is 0 Å². The van der Waals surface area contributed by atoms with E-state index in [2.05, 4.69) is 22.4 Å². The first-order valence-corrected chi connectivity index (χ1v) is 7.98. The van der Waals surface area contributed by atoms with Gasteiger partial charge in [-0.2, -0.15) is 12.6 Å². The van der Waals surface area contributed by atoms with Gasteiger partial charge in [0.1, 0.15) is 0 Å². The van der Waals surface area contributed by atoms with Crippen LogP contribution in [-0.2, 0) is 4.79 Å². The van der Waals surface area contributed by atoms with Crippen LogP contribution in [-0.4, -0.2) is 53.7 Å². The highest BCUT2D eigenvalue weighted by Crippen LogP contribution is 2.49. The van der Waals surface area contributed by atoms with Crippen molar-refractivity contribution >= 4 is 18.5 Å². The van der Waals surface area contributed by atoms with E-state index in [0.29, 0.717) is 11.9 Å². The fourth-order valence-corrected chi connectivity index (χ4v) is 3.86. The Morgan fingerprint density at radius 2 is 2.00 bits per heavy atom. The predicted molar refractivity (Wildman–Crippen MR) is 75.9 cm³/mol. The lowest BCUT2D eigenvalue weighted by Gasteiger charge is -2.27.